The van der Waals surface area contributed by atoms with Gasteiger partial charge in [-0.05, 0) is 24.0 Å². The molecule has 0 spiro atoms. The maximum atomic E-state index is 11.2. The second kappa shape index (κ2) is 3.41. The molecule has 0 amide bonds. The molecule has 0 bridgehead atoms. The molecule has 0 aromatic carbocycles. The monoisotopic (exact) mass is 184 g/mol. The van der Waals surface area contributed by atoms with E-state index in [1.165, 1.54) is 18.6 Å². The van der Waals surface area contributed by atoms with Crippen molar-refractivity contribution in [1.82, 2.24) is 0 Å². The number of rotatable bonds is 2. The maximum absolute atomic E-state index is 11.2. The van der Waals surface area contributed by atoms with Crippen molar-refractivity contribution in [3.8, 4) is 0 Å². The van der Waals surface area contributed by atoms with Gasteiger partial charge in [0.25, 0.3) is 0 Å². The first-order chi connectivity index (χ1) is 5.81. The van der Waals surface area contributed by atoms with Crippen LogP contribution < -0.4 is 0 Å². The molecule has 1 nitrogen and oxygen atoms in total. The molecule has 0 aromatic heterocycles. The van der Waals surface area contributed by atoms with E-state index in [9.17, 15) is 4.79 Å². The average Bonchev–Trinajstić information content (AvgIpc) is 2.52. The summed E-state index contributed by atoms with van der Waals surface area (Å²) in [6.07, 6.45) is 4.37. The molecule has 1 aliphatic heterocycles. The number of hydrogen-bond acceptors (Lipinski definition) is 2. The van der Waals surface area contributed by atoms with E-state index in [0.29, 0.717) is 5.78 Å². The molecule has 2 rings (SSSR count). The number of hydrogen-bond donors (Lipinski definition) is 0. The smallest absolute Gasteiger partial charge is 0.133 e. The lowest BCUT2D eigenvalue weighted by Gasteiger charge is -2.14. The lowest BCUT2D eigenvalue weighted by molar-refractivity contribution is -0.117. The summed E-state index contributed by atoms with van der Waals surface area (Å²) in [6.45, 7) is 2.24. The first-order valence-electron chi connectivity index (χ1n) is 4.94. The second-order valence-electron chi connectivity index (χ2n) is 4.03. The van der Waals surface area contributed by atoms with E-state index in [-0.39, 0.29) is 0 Å². The SMILES string of the molecule is CCCC1SC[C@H]2CC(=O)C[C@@H]12. The Hall–Kier alpha value is 0.0200. The minimum atomic E-state index is 0.520. The Morgan fingerprint density at radius 1 is 1.50 bits per heavy atom. The van der Waals surface area contributed by atoms with Gasteiger partial charge >= 0.3 is 0 Å². The zero-order valence-electron chi connectivity index (χ0n) is 7.58. The highest BCUT2D eigenvalue weighted by atomic mass is 32.2. The molecule has 2 aliphatic rings. The van der Waals surface area contributed by atoms with Crippen LogP contribution in [0.3, 0.4) is 0 Å². The fraction of sp³-hybridized carbons (Fsp3) is 0.900. The summed E-state index contributed by atoms with van der Waals surface area (Å²) in [4.78, 5) is 11.2. The van der Waals surface area contributed by atoms with Crippen LogP contribution in [0, 0.1) is 11.8 Å². The number of ketones is 1. The van der Waals surface area contributed by atoms with Crippen molar-refractivity contribution in [3.63, 3.8) is 0 Å². The van der Waals surface area contributed by atoms with Crippen molar-refractivity contribution < 1.29 is 4.79 Å². The quantitative estimate of drug-likeness (QED) is 0.656. The number of carbonyl (C=O) groups excluding carboxylic acids is 1. The van der Waals surface area contributed by atoms with E-state index < -0.39 is 0 Å². The molecule has 1 saturated carbocycles. The summed E-state index contributed by atoms with van der Waals surface area (Å²) in [5.74, 6) is 3.27. The zero-order chi connectivity index (χ0) is 8.55. The highest BCUT2D eigenvalue weighted by Crippen LogP contribution is 2.47. The largest absolute Gasteiger partial charge is 0.300 e. The van der Waals surface area contributed by atoms with Crippen LogP contribution in [-0.2, 0) is 4.79 Å². The van der Waals surface area contributed by atoms with Gasteiger partial charge in [0.1, 0.15) is 5.78 Å². The minimum absolute atomic E-state index is 0.520. The van der Waals surface area contributed by atoms with Gasteiger partial charge in [-0.15, -0.1) is 0 Å². The predicted octanol–water partition coefficient (Wildman–Crippen LogP) is 2.50. The van der Waals surface area contributed by atoms with E-state index in [1.807, 2.05) is 0 Å². The molecule has 12 heavy (non-hydrogen) atoms. The Kier molecular flexibility index (Phi) is 2.44. The van der Waals surface area contributed by atoms with Gasteiger partial charge in [-0.2, -0.15) is 11.8 Å². The molecule has 2 heteroatoms. The summed E-state index contributed by atoms with van der Waals surface area (Å²) in [5.41, 5.74) is 0. The Bertz CT molecular complexity index is 188. The molecule has 1 heterocycles. The number of carbonyl (C=O) groups is 1. The van der Waals surface area contributed by atoms with E-state index in [1.54, 1.807) is 0 Å². The van der Waals surface area contributed by atoms with Crippen molar-refractivity contribution in [2.75, 3.05) is 5.75 Å². The third-order valence-corrected chi connectivity index (χ3v) is 4.77. The molecular weight excluding hydrogens is 168 g/mol. The molecule has 1 aliphatic carbocycles. The van der Waals surface area contributed by atoms with E-state index in [0.717, 1.165) is 29.9 Å². The summed E-state index contributed by atoms with van der Waals surface area (Å²) in [7, 11) is 0. The van der Waals surface area contributed by atoms with E-state index >= 15 is 0 Å². The van der Waals surface area contributed by atoms with Gasteiger partial charge in [0.2, 0.25) is 0 Å². The Balaban J connectivity index is 1.98. The van der Waals surface area contributed by atoms with Crippen molar-refractivity contribution in [2.24, 2.45) is 11.8 Å². The topological polar surface area (TPSA) is 17.1 Å². The number of fused-ring (bicyclic) bond motifs is 1. The molecule has 2 fully saturated rings. The maximum Gasteiger partial charge on any atom is 0.133 e. The third-order valence-electron chi connectivity index (χ3n) is 3.13. The summed E-state index contributed by atoms with van der Waals surface area (Å²) in [5, 5.41) is 0.812. The van der Waals surface area contributed by atoms with Gasteiger partial charge in [0.05, 0.1) is 0 Å². The minimum Gasteiger partial charge on any atom is -0.300 e. The molecule has 68 valence electrons. The van der Waals surface area contributed by atoms with E-state index in [4.69, 9.17) is 0 Å². The summed E-state index contributed by atoms with van der Waals surface area (Å²) < 4.78 is 0. The molecular formula is C10H16OS. The first-order valence-corrected chi connectivity index (χ1v) is 5.99. The average molecular weight is 184 g/mol. The fourth-order valence-electron chi connectivity index (χ4n) is 2.53. The van der Waals surface area contributed by atoms with Crippen molar-refractivity contribution >= 4 is 17.5 Å². The number of Topliss-reactive ketones (excluding diaryl/α,β-unsaturated/α-hetero) is 1. The molecule has 0 aromatic rings. The predicted molar refractivity (Wildman–Crippen MR) is 52.4 cm³/mol. The molecule has 1 unspecified atom stereocenters. The van der Waals surface area contributed by atoms with Crippen LogP contribution in [-0.4, -0.2) is 16.8 Å². The Labute approximate surface area is 78.3 Å². The summed E-state index contributed by atoms with van der Waals surface area (Å²) in [6, 6.07) is 0. The van der Waals surface area contributed by atoms with Crippen molar-refractivity contribution in [1.29, 1.82) is 0 Å². The van der Waals surface area contributed by atoms with Gasteiger partial charge in [-0.25, -0.2) is 0 Å². The fourth-order valence-corrected chi connectivity index (χ4v) is 4.35. The van der Waals surface area contributed by atoms with Crippen LogP contribution in [0.15, 0.2) is 0 Å². The van der Waals surface area contributed by atoms with Crippen LogP contribution >= 0.6 is 11.8 Å². The highest BCUT2D eigenvalue weighted by Gasteiger charge is 2.42. The highest BCUT2D eigenvalue weighted by molar-refractivity contribution is 8.00. The standard InChI is InChI=1S/C10H16OS/c1-2-3-10-9-5-8(11)4-7(9)6-12-10/h7,9-10H,2-6H2,1H3/t7-,9-,10?/m1/s1. The molecule has 1 saturated heterocycles. The third kappa shape index (κ3) is 1.41. The number of thioether (sulfide) groups is 1. The van der Waals surface area contributed by atoms with Crippen molar-refractivity contribution in [2.45, 2.75) is 37.9 Å². The van der Waals surface area contributed by atoms with Crippen molar-refractivity contribution in [3.05, 3.63) is 0 Å². The van der Waals surface area contributed by atoms with Crippen LogP contribution in [0.1, 0.15) is 32.6 Å². The zero-order valence-corrected chi connectivity index (χ0v) is 8.40. The van der Waals surface area contributed by atoms with Crippen LogP contribution in [0.4, 0.5) is 0 Å². The Morgan fingerprint density at radius 2 is 2.33 bits per heavy atom. The van der Waals surface area contributed by atoms with Gasteiger partial charge in [-0.1, -0.05) is 13.3 Å². The van der Waals surface area contributed by atoms with Gasteiger partial charge in [0.15, 0.2) is 0 Å². The van der Waals surface area contributed by atoms with E-state index in [2.05, 4.69) is 18.7 Å². The van der Waals surface area contributed by atoms with Gasteiger partial charge in [0, 0.05) is 18.1 Å². The first kappa shape index (κ1) is 8.61. The summed E-state index contributed by atoms with van der Waals surface area (Å²) >= 11 is 2.11. The normalized spacial score (nSPS) is 40.4. The van der Waals surface area contributed by atoms with Crippen LogP contribution in [0.2, 0.25) is 0 Å². The van der Waals surface area contributed by atoms with Gasteiger partial charge in [-0.3, -0.25) is 4.79 Å². The van der Waals surface area contributed by atoms with Crippen LogP contribution in [0.5, 0.6) is 0 Å². The van der Waals surface area contributed by atoms with Gasteiger partial charge < -0.3 is 0 Å². The lowest BCUT2D eigenvalue weighted by atomic mass is 9.93. The second-order valence-corrected chi connectivity index (χ2v) is 5.30. The Morgan fingerprint density at radius 3 is 3.08 bits per heavy atom. The lowest BCUT2D eigenvalue weighted by Crippen LogP contribution is -2.13. The molecule has 0 N–H and O–H groups in total. The molecule has 0 radical (unpaired) electrons. The van der Waals surface area contributed by atoms with Crippen LogP contribution in [0.25, 0.3) is 0 Å². The molecule has 3 atom stereocenters.